The van der Waals surface area contributed by atoms with Crippen LogP contribution in [0.1, 0.15) is 58.3 Å². The molecule has 3 saturated carbocycles. The van der Waals surface area contributed by atoms with Crippen molar-refractivity contribution in [2.24, 2.45) is 29.1 Å². The average Bonchev–Trinajstić information content (AvgIpc) is 2.51. The summed E-state index contributed by atoms with van der Waals surface area (Å²) in [6.45, 7) is 2.29. The molecule has 0 unspecified atom stereocenters. The quantitative estimate of drug-likeness (QED) is 0.411. The van der Waals surface area contributed by atoms with Gasteiger partial charge < -0.3 is 4.74 Å². The first kappa shape index (κ1) is 19.0. The maximum absolute atomic E-state index is 14.4. The lowest BCUT2D eigenvalue weighted by atomic mass is 9.45. The van der Waals surface area contributed by atoms with Crippen molar-refractivity contribution in [1.82, 2.24) is 0 Å². The Morgan fingerprint density at radius 3 is 2.00 bits per heavy atom. The van der Waals surface area contributed by atoms with Crippen LogP contribution in [-0.2, 0) is 0 Å². The third-order valence-corrected chi connectivity index (χ3v) is 7.16. The normalized spacial score (nSPS) is 36.2. The van der Waals surface area contributed by atoms with E-state index in [0.29, 0.717) is 30.9 Å². The molecule has 0 radical (unpaired) electrons. The number of hydrogen-bond donors (Lipinski definition) is 0. The second kappa shape index (κ2) is 6.63. The largest absolute Gasteiger partial charge is 0.432 e. The van der Waals surface area contributed by atoms with Crippen molar-refractivity contribution in [1.29, 1.82) is 0 Å². The highest BCUT2D eigenvalue weighted by Crippen LogP contribution is 2.66. The van der Waals surface area contributed by atoms with Gasteiger partial charge in [0.15, 0.2) is 17.5 Å². The van der Waals surface area contributed by atoms with Gasteiger partial charge in [0.2, 0.25) is 0 Å². The minimum absolute atomic E-state index is 0.00445. The van der Waals surface area contributed by atoms with E-state index >= 15 is 0 Å². The summed E-state index contributed by atoms with van der Waals surface area (Å²) in [6.07, 6.45) is 4.33. The summed E-state index contributed by atoms with van der Waals surface area (Å²) in [5.41, 5.74) is 0.00445. The molecular weight excluding hydrogens is 363 g/mol. The first-order valence-corrected chi connectivity index (χ1v) is 9.89. The first-order chi connectivity index (χ1) is 12.7. The molecule has 150 valence electrons. The minimum Gasteiger partial charge on any atom is -0.432 e. The number of hydrogen-bond acceptors (Lipinski definition) is 1. The zero-order valence-electron chi connectivity index (χ0n) is 15.4. The second-order valence-electron chi connectivity index (χ2n) is 9.16. The lowest BCUT2D eigenvalue weighted by Gasteiger charge is -2.60. The number of alkyl halides is 2. The van der Waals surface area contributed by atoms with Crippen LogP contribution in [0, 0.1) is 46.5 Å². The van der Waals surface area contributed by atoms with Gasteiger partial charge >= 0.3 is 6.11 Å². The van der Waals surface area contributed by atoms with Crippen LogP contribution >= 0.6 is 0 Å². The van der Waals surface area contributed by atoms with E-state index in [0.717, 1.165) is 24.7 Å². The molecule has 1 aromatic carbocycles. The van der Waals surface area contributed by atoms with Crippen LogP contribution in [0.2, 0.25) is 0 Å². The number of halogens is 5. The molecule has 1 spiro atoms. The van der Waals surface area contributed by atoms with Gasteiger partial charge in [0, 0.05) is 12.1 Å². The molecule has 1 nitrogen and oxygen atoms in total. The van der Waals surface area contributed by atoms with E-state index in [2.05, 4.69) is 11.7 Å². The Morgan fingerprint density at radius 2 is 1.44 bits per heavy atom. The standard InChI is InChI=1S/C21H25F5O/c1-12-2-4-13(5-3-12)14-8-20(9-14)10-15(11-20)21(25,26)27-16-6-17(22)19(24)18(23)7-16/h6-7,12-15H,2-5,8-11H2,1H3. The van der Waals surface area contributed by atoms with Gasteiger partial charge in [-0.25, -0.2) is 13.2 Å². The summed E-state index contributed by atoms with van der Waals surface area (Å²) in [6, 6.07) is 0.925. The van der Waals surface area contributed by atoms with Gasteiger partial charge in [-0.3, -0.25) is 0 Å². The van der Waals surface area contributed by atoms with Gasteiger partial charge in [-0.2, -0.15) is 8.78 Å². The van der Waals surface area contributed by atoms with E-state index in [1.54, 1.807) is 0 Å². The Kier molecular flexibility index (Phi) is 4.66. The Hall–Kier alpha value is -1.33. The molecule has 3 fully saturated rings. The third-order valence-electron chi connectivity index (χ3n) is 7.16. The summed E-state index contributed by atoms with van der Waals surface area (Å²) in [5, 5.41) is 0. The Morgan fingerprint density at radius 1 is 0.889 bits per heavy atom. The highest BCUT2D eigenvalue weighted by molar-refractivity contribution is 5.25. The Labute approximate surface area is 156 Å². The van der Waals surface area contributed by atoms with E-state index in [-0.39, 0.29) is 5.41 Å². The summed E-state index contributed by atoms with van der Waals surface area (Å²) in [5.74, 6) is -4.18. The van der Waals surface area contributed by atoms with Gasteiger partial charge in [0.1, 0.15) is 5.75 Å². The third kappa shape index (κ3) is 3.56. The molecule has 6 heteroatoms. The van der Waals surface area contributed by atoms with Crippen LogP contribution in [0.4, 0.5) is 22.0 Å². The predicted octanol–water partition coefficient (Wildman–Crippen LogP) is 6.71. The minimum atomic E-state index is -3.51. The van der Waals surface area contributed by atoms with E-state index < -0.39 is 35.2 Å². The number of rotatable bonds is 4. The molecule has 0 bridgehead atoms. The second-order valence-corrected chi connectivity index (χ2v) is 9.16. The van der Waals surface area contributed by atoms with Crippen LogP contribution in [0.25, 0.3) is 0 Å². The van der Waals surface area contributed by atoms with Crippen LogP contribution in [0.15, 0.2) is 12.1 Å². The van der Waals surface area contributed by atoms with Gasteiger partial charge in [0.25, 0.3) is 0 Å². The summed E-state index contributed by atoms with van der Waals surface area (Å²) >= 11 is 0. The van der Waals surface area contributed by atoms with Crippen molar-refractivity contribution in [3.63, 3.8) is 0 Å². The van der Waals surface area contributed by atoms with Gasteiger partial charge in [-0.15, -0.1) is 0 Å². The summed E-state index contributed by atoms with van der Waals surface area (Å²) in [4.78, 5) is 0. The predicted molar refractivity (Wildman–Crippen MR) is 90.9 cm³/mol. The van der Waals surface area contributed by atoms with Crippen molar-refractivity contribution in [2.75, 3.05) is 0 Å². The van der Waals surface area contributed by atoms with E-state index in [4.69, 9.17) is 0 Å². The molecule has 0 N–H and O–H groups in total. The molecule has 4 rings (SSSR count). The van der Waals surface area contributed by atoms with Crippen LogP contribution in [0.5, 0.6) is 5.75 Å². The van der Waals surface area contributed by atoms with Crippen molar-refractivity contribution in [3.05, 3.63) is 29.6 Å². The van der Waals surface area contributed by atoms with Crippen molar-refractivity contribution in [2.45, 2.75) is 64.4 Å². The highest BCUT2D eigenvalue weighted by Gasteiger charge is 2.61. The molecular formula is C21H25F5O. The summed E-state index contributed by atoms with van der Waals surface area (Å²) in [7, 11) is 0. The molecule has 0 heterocycles. The smallest absolute Gasteiger partial charge is 0.400 e. The highest BCUT2D eigenvalue weighted by atomic mass is 19.3. The van der Waals surface area contributed by atoms with Crippen molar-refractivity contribution >= 4 is 0 Å². The summed E-state index contributed by atoms with van der Waals surface area (Å²) < 4.78 is 72.6. The van der Waals surface area contributed by atoms with E-state index in [1.807, 2.05) is 0 Å². The fraction of sp³-hybridized carbons (Fsp3) is 0.714. The fourth-order valence-corrected chi connectivity index (χ4v) is 5.53. The van der Waals surface area contributed by atoms with Crippen LogP contribution < -0.4 is 4.74 Å². The molecule has 3 aliphatic rings. The molecule has 0 aromatic heterocycles. The fourth-order valence-electron chi connectivity index (χ4n) is 5.53. The van der Waals surface area contributed by atoms with Gasteiger partial charge in [-0.1, -0.05) is 19.8 Å². The topological polar surface area (TPSA) is 9.23 Å². The molecule has 3 aliphatic carbocycles. The zero-order valence-corrected chi connectivity index (χ0v) is 15.4. The molecule has 0 saturated heterocycles. The lowest BCUT2D eigenvalue weighted by molar-refractivity contribution is -0.270. The van der Waals surface area contributed by atoms with Crippen LogP contribution in [0.3, 0.4) is 0 Å². The molecule has 1 aromatic rings. The first-order valence-electron chi connectivity index (χ1n) is 9.89. The van der Waals surface area contributed by atoms with E-state index in [9.17, 15) is 22.0 Å². The van der Waals surface area contributed by atoms with E-state index in [1.165, 1.54) is 25.7 Å². The number of ether oxygens (including phenoxy) is 1. The Balaban J connectivity index is 1.30. The Bertz CT molecular complexity index is 674. The maximum Gasteiger partial charge on any atom is 0.400 e. The van der Waals surface area contributed by atoms with Crippen molar-refractivity contribution < 1.29 is 26.7 Å². The molecule has 27 heavy (non-hydrogen) atoms. The van der Waals surface area contributed by atoms with Crippen LogP contribution in [-0.4, -0.2) is 6.11 Å². The van der Waals surface area contributed by atoms with Gasteiger partial charge in [0.05, 0.1) is 5.92 Å². The molecule has 0 amide bonds. The monoisotopic (exact) mass is 388 g/mol. The lowest BCUT2D eigenvalue weighted by Crippen LogP contribution is -2.55. The number of benzene rings is 1. The maximum atomic E-state index is 14.4. The van der Waals surface area contributed by atoms with Crippen molar-refractivity contribution in [3.8, 4) is 5.75 Å². The average molecular weight is 388 g/mol. The zero-order chi connectivity index (χ0) is 19.4. The molecule has 0 atom stereocenters. The SMILES string of the molecule is CC1CCC(C2CC3(C2)CC(C(F)(F)Oc2cc(F)c(F)c(F)c2)C3)CC1. The molecule has 0 aliphatic heterocycles. The van der Waals surface area contributed by atoms with Gasteiger partial charge in [-0.05, 0) is 61.7 Å².